The number of ether oxygens (including phenoxy) is 1. The van der Waals surface area contributed by atoms with Crippen molar-refractivity contribution in [2.24, 2.45) is 7.05 Å². The van der Waals surface area contributed by atoms with Crippen molar-refractivity contribution in [1.29, 1.82) is 0 Å². The number of para-hydroxylation sites is 1. The molecule has 1 aliphatic heterocycles. The molecule has 172 valence electrons. The summed E-state index contributed by atoms with van der Waals surface area (Å²) in [5.41, 5.74) is 1.73. The molecule has 1 fully saturated rings. The van der Waals surface area contributed by atoms with E-state index in [-0.39, 0.29) is 11.7 Å². The minimum atomic E-state index is -0.416. The topological polar surface area (TPSA) is 130 Å². The van der Waals surface area contributed by atoms with Crippen LogP contribution in [0.15, 0.2) is 30.6 Å². The predicted octanol–water partition coefficient (Wildman–Crippen LogP) is 1.65. The maximum absolute atomic E-state index is 12.6. The van der Waals surface area contributed by atoms with Gasteiger partial charge in [-0.1, -0.05) is 6.07 Å². The van der Waals surface area contributed by atoms with Crippen molar-refractivity contribution in [3.05, 3.63) is 36.3 Å². The lowest BCUT2D eigenvalue weighted by atomic mass is 10.1. The third-order valence-electron chi connectivity index (χ3n) is 5.31. The van der Waals surface area contributed by atoms with Gasteiger partial charge in [-0.2, -0.15) is 5.10 Å². The van der Waals surface area contributed by atoms with Crippen molar-refractivity contribution in [3.63, 3.8) is 0 Å². The monoisotopic (exact) mass is 451 g/mol. The highest BCUT2D eigenvalue weighted by molar-refractivity contribution is 6.00. The fourth-order valence-electron chi connectivity index (χ4n) is 3.62. The molecular weight excluding hydrogens is 426 g/mol. The summed E-state index contributed by atoms with van der Waals surface area (Å²) in [4.78, 5) is 32.7. The SMILES string of the molecule is CCN1CCN(c2cc(Nc3cccc(-c4ncn(C)n4)c3OC)c(C(=O)NC)nn2)C1=O. The van der Waals surface area contributed by atoms with Crippen LogP contribution in [0.25, 0.3) is 11.4 Å². The molecule has 3 aromatic rings. The molecule has 0 spiro atoms. The summed E-state index contributed by atoms with van der Waals surface area (Å²) in [5, 5.41) is 18.4. The molecule has 1 aromatic carbocycles. The molecule has 2 aromatic heterocycles. The van der Waals surface area contributed by atoms with Crippen LogP contribution >= 0.6 is 0 Å². The average Bonchev–Trinajstić information content (AvgIpc) is 3.43. The Kier molecular flexibility index (Phi) is 6.07. The summed E-state index contributed by atoms with van der Waals surface area (Å²) in [6.07, 6.45) is 1.60. The summed E-state index contributed by atoms with van der Waals surface area (Å²) in [6.45, 7) is 3.62. The van der Waals surface area contributed by atoms with Crippen LogP contribution < -0.4 is 20.3 Å². The maximum atomic E-state index is 12.6. The molecule has 0 aliphatic carbocycles. The van der Waals surface area contributed by atoms with Gasteiger partial charge in [0.2, 0.25) is 0 Å². The van der Waals surface area contributed by atoms with Gasteiger partial charge in [-0.05, 0) is 19.1 Å². The van der Waals surface area contributed by atoms with Crippen LogP contribution in [0.2, 0.25) is 0 Å². The molecule has 2 N–H and O–H groups in total. The first-order valence-electron chi connectivity index (χ1n) is 10.4. The van der Waals surface area contributed by atoms with E-state index in [9.17, 15) is 9.59 Å². The van der Waals surface area contributed by atoms with Crippen molar-refractivity contribution in [2.45, 2.75) is 6.92 Å². The quantitative estimate of drug-likeness (QED) is 0.554. The van der Waals surface area contributed by atoms with Gasteiger partial charge in [0.15, 0.2) is 23.1 Å². The van der Waals surface area contributed by atoms with Gasteiger partial charge in [0.05, 0.1) is 24.0 Å². The van der Waals surface area contributed by atoms with Crippen molar-refractivity contribution in [3.8, 4) is 17.1 Å². The van der Waals surface area contributed by atoms with E-state index in [0.717, 1.165) is 0 Å². The number of benzene rings is 1. The third-order valence-corrected chi connectivity index (χ3v) is 5.31. The molecule has 1 aliphatic rings. The van der Waals surface area contributed by atoms with E-state index in [1.54, 1.807) is 47.1 Å². The molecule has 0 saturated carbocycles. The fraction of sp³-hybridized carbons (Fsp3) is 0.333. The first kappa shape index (κ1) is 22.0. The molecule has 0 bridgehead atoms. The molecule has 3 heterocycles. The number of aryl methyl sites for hydroxylation is 1. The molecule has 0 radical (unpaired) electrons. The van der Waals surface area contributed by atoms with Crippen LogP contribution in [0, 0.1) is 0 Å². The molecule has 1 saturated heterocycles. The lowest BCUT2D eigenvalue weighted by Gasteiger charge is -2.19. The zero-order chi connectivity index (χ0) is 23.5. The van der Waals surface area contributed by atoms with E-state index >= 15 is 0 Å². The van der Waals surface area contributed by atoms with Gasteiger partial charge in [-0.15, -0.1) is 10.2 Å². The largest absolute Gasteiger partial charge is 0.494 e. The van der Waals surface area contributed by atoms with Gasteiger partial charge in [-0.25, -0.2) is 9.78 Å². The molecule has 4 rings (SSSR count). The van der Waals surface area contributed by atoms with E-state index < -0.39 is 5.91 Å². The number of amides is 3. The Labute approximate surface area is 190 Å². The van der Waals surface area contributed by atoms with Crippen molar-refractivity contribution < 1.29 is 14.3 Å². The first-order chi connectivity index (χ1) is 16.0. The number of methoxy groups -OCH3 is 1. The summed E-state index contributed by atoms with van der Waals surface area (Å²) in [6, 6.07) is 6.97. The van der Waals surface area contributed by atoms with E-state index in [4.69, 9.17) is 4.74 Å². The van der Waals surface area contributed by atoms with Gasteiger partial charge < -0.3 is 20.3 Å². The van der Waals surface area contributed by atoms with Crippen LogP contribution in [0.3, 0.4) is 0 Å². The van der Waals surface area contributed by atoms with Crippen LogP contribution in [-0.4, -0.2) is 75.6 Å². The number of likely N-dealkylation sites (N-methyl/N-ethyl adjacent to an activating group) is 1. The second-order valence-corrected chi connectivity index (χ2v) is 7.31. The van der Waals surface area contributed by atoms with Gasteiger partial charge in [0, 0.05) is 39.8 Å². The minimum absolute atomic E-state index is 0.0867. The van der Waals surface area contributed by atoms with Gasteiger partial charge >= 0.3 is 6.03 Å². The van der Waals surface area contributed by atoms with Crippen molar-refractivity contribution in [2.75, 3.05) is 44.0 Å². The Hall–Kier alpha value is -4.22. The number of carbonyl (C=O) groups is 2. The molecule has 12 heteroatoms. The standard InChI is InChI=1S/C21H25N9O3/c1-5-29-9-10-30(21(29)32)16-11-15(17(26-25-16)20(31)22-2)24-14-8-6-7-13(18(14)33-4)19-23-12-28(3)27-19/h6-8,11-12H,5,9-10H2,1-4H3,(H,22,31)(H,24,25). The smallest absolute Gasteiger partial charge is 0.325 e. The Morgan fingerprint density at radius 1 is 1.21 bits per heavy atom. The second kappa shape index (κ2) is 9.10. The highest BCUT2D eigenvalue weighted by Gasteiger charge is 2.30. The van der Waals surface area contributed by atoms with Gasteiger partial charge in [0.1, 0.15) is 6.33 Å². The van der Waals surface area contributed by atoms with Gasteiger partial charge in [0.25, 0.3) is 5.91 Å². The number of hydrogen-bond acceptors (Lipinski definition) is 8. The molecule has 12 nitrogen and oxygen atoms in total. The zero-order valence-corrected chi connectivity index (χ0v) is 18.9. The summed E-state index contributed by atoms with van der Waals surface area (Å²) >= 11 is 0. The van der Waals surface area contributed by atoms with Gasteiger partial charge in [-0.3, -0.25) is 14.4 Å². The van der Waals surface area contributed by atoms with E-state index in [1.165, 1.54) is 7.05 Å². The Balaban J connectivity index is 1.75. The molecule has 0 unspecified atom stereocenters. The average molecular weight is 451 g/mol. The predicted molar refractivity (Wildman–Crippen MR) is 122 cm³/mol. The van der Waals surface area contributed by atoms with E-state index in [2.05, 4.69) is 30.9 Å². The molecule has 3 amide bonds. The normalized spacial score (nSPS) is 13.4. The maximum Gasteiger partial charge on any atom is 0.325 e. The summed E-state index contributed by atoms with van der Waals surface area (Å²) in [7, 11) is 4.84. The molecule has 0 atom stereocenters. The Morgan fingerprint density at radius 3 is 2.67 bits per heavy atom. The number of anilines is 3. The number of carbonyl (C=O) groups excluding carboxylic acids is 2. The Bertz CT molecular complexity index is 1190. The second-order valence-electron chi connectivity index (χ2n) is 7.31. The highest BCUT2D eigenvalue weighted by Crippen LogP contribution is 2.37. The fourth-order valence-corrected chi connectivity index (χ4v) is 3.62. The third kappa shape index (κ3) is 4.14. The molecular formula is C21H25N9O3. The van der Waals surface area contributed by atoms with E-state index in [0.29, 0.717) is 54.0 Å². The number of rotatable bonds is 7. The van der Waals surface area contributed by atoms with Crippen molar-refractivity contribution >= 4 is 29.1 Å². The Morgan fingerprint density at radius 2 is 2.03 bits per heavy atom. The lowest BCUT2D eigenvalue weighted by Crippen LogP contribution is -2.32. The summed E-state index contributed by atoms with van der Waals surface area (Å²) in [5.74, 6) is 0.938. The van der Waals surface area contributed by atoms with Crippen LogP contribution in [0.5, 0.6) is 5.75 Å². The van der Waals surface area contributed by atoms with E-state index in [1.807, 2.05) is 19.1 Å². The minimum Gasteiger partial charge on any atom is -0.494 e. The number of nitrogens with one attached hydrogen (secondary N) is 2. The van der Waals surface area contributed by atoms with Crippen LogP contribution in [0.1, 0.15) is 17.4 Å². The lowest BCUT2D eigenvalue weighted by molar-refractivity contribution is 0.0958. The first-order valence-corrected chi connectivity index (χ1v) is 10.4. The number of hydrogen-bond donors (Lipinski definition) is 2. The number of aromatic nitrogens is 5. The summed E-state index contributed by atoms with van der Waals surface area (Å²) < 4.78 is 7.26. The number of urea groups is 1. The highest BCUT2D eigenvalue weighted by atomic mass is 16.5. The molecule has 33 heavy (non-hydrogen) atoms. The number of nitrogens with zero attached hydrogens (tertiary/aromatic N) is 7. The zero-order valence-electron chi connectivity index (χ0n) is 18.9. The van der Waals surface area contributed by atoms with Crippen LogP contribution in [0.4, 0.5) is 22.0 Å². The van der Waals surface area contributed by atoms with Crippen molar-refractivity contribution in [1.82, 2.24) is 35.2 Å². The van der Waals surface area contributed by atoms with Crippen LogP contribution in [-0.2, 0) is 7.05 Å².